The molecule has 0 aliphatic rings. The molecular weight excluding hydrogens is 240 g/mol. The third-order valence-electron chi connectivity index (χ3n) is 2.44. The summed E-state index contributed by atoms with van der Waals surface area (Å²) in [6.07, 6.45) is 3.77. The van der Waals surface area contributed by atoms with Crippen molar-refractivity contribution >= 4 is 10.0 Å². The van der Waals surface area contributed by atoms with E-state index in [0.29, 0.717) is 13.0 Å². The van der Waals surface area contributed by atoms with Gasteiger partial charge in [-0.3, -0.25) is 0 Å². The average Bonchev–Trinajstić information content (AvgIpc) is 2.68. The molecule has 7 heteroatoms. The van der Waals surface area contributed by atoms with Crippen LogP contribution in [-0.2, 0) is 16.6 Å². The van der Waals surface area contributed by atoms with Gasteiger partial charge in [0.05, 0.1) is 24.7 Å². The zero-order valence-electron chi connectivity index (χ0n) is 10.5. The molecule has 0 aliphatic heterocycles. The van der Waals surface area contributed by atoms with Crippen LogP contribution in [-0.4, -0.2) is 35.2 Å². The topological polar surface area (TPSA) is 76.9 Å². The summed E-state index contributed by atoms with van der Waals surface area (Å²) in [7, 11) is -3.20. The summed E-state index contributed by atoms with van der Waals surface area (Å²) in [6.45, 7) is 6.25. The number of hydrogen-bond donors (Lipinski definition) is 1. The average molecular weight is 260 g/mol. The van der Waals surface area contributed by atoms with Crippen molar-refractivity contribution in [3.63, 3.8) is 0 Å². The molecule has 1 N–H and O–H groups in total. The van der Waals surface area contributed by atoms with E-state index < -0.39 is 10.0 Å². The molecule has 17 heavy (non-hydrogen) atoms. The van der Waals surface area contributed by atoms with Gasteiger partial charge in [-0.2, -0.15) is 15.0 Å². The highest BCUT2D eigenvalue weighted by Crippen LogP contribution is 2.06. The lowest BCUT2D eigenvalue weighted by Crippen LogP contribution is -2.42. The number of nitrogens with one attached hydrogen (secondary N) is 1. The summed E-state index contributed by atoms with van der Waals surface area (Å²) in [4.78, 5) is 1.50. The molecule has 0 amide bonds. The summed E-state index contributed by atoms with van der Waals surface area (Å²) in [5.74, 6) is 0.343. The summed E-state index contributed by atoms with van der Waals surface area (Å²) >= 11 is 0. The Bertz CT molecular complexity index is 414. The predicted molar refractivity (Wildman–Crippen MR) is 65.9 cm³/mol. The van der Waals surface area contributed by atoms with Gasteiger partial charge in [0.25, 0.3) is 0 Å². The second kappa shape index (κ2) is 6.11. The van der Waals surface area contributed by atoms with E-state index in [9.17, 15) is 8.42 Å². The van der Waals surface area contributed by atoms with Crippen molar-refractivity contribution in [2.24, 2.45) is 5.92 Å². The number of rotatable bonds is 7. The van der Waals surface area contributed by atoms with Crippen molar-refractivity contribution < 1.29 is 8.42 Å². The molecule has 0 bridgehead atoms. The van der Waals surface area contributed by atoms with Crippen LogP contribution in [0.15, 0.2) is 12.4 Å². The van der Waals surface area contributed by atoms with Crippen LogP contribution < -0.4 is 4.72 Å². The first-order valence-electron chi connectivity index (χ1n) is 5.78. The summed E-state index contributed by atoms with van der Waals surface area (Å²) in [5.41, 5.74) is 0. The smallest absolute Gasteiger partial charge is 0.211 e. The second-order valence-electron chi connectivity index (χ2n) is 4.37. The molecule has 0 radical (unpaired) electrons. The maximum atomic E-state index is 11.7. The molecule has 6 nitrogen and oxygen atoms in total. The Hall–Kier alpha value is -0.950. The lowest BCUT2D eigenvalue weighted by molar-refractivity contribution is 0.361. The van der Waals surface area contributed by atoms with Crippen molar-refractivity contribution in [3.8, 4) is 0 Å². The maximum Gasteiger partial charge on any atom is 0.211 e. The van der Waals surface area contributed by atoms with Crippen LogP contribution in [0, 0.1) is 5.92 Å². The van der Waals surface area contributed by atoms with Gasteiger partial charge in [-0.25, -0.2) is 13.1 Å². The fourth-order valence-corrected chi connectivity index (χ4v) is 2.92. The SMILES string of the molecule is CCCS(=O)(=O)NC(Cn1nccn1)C(C)C. The highest BCUT2D eigenvalue weighted by atomic mass is 32.2. The number of hydrogen-bond acceptors (Lipinski definition) is 4. The van der Waals surface area contributed by atoms with Crippen LogP contribution in [0.2, 0.25) is 0 Å². The van der Waals surface area contributed by atoms with E-state index in [2.05, 4.69) is 14.9 Å². The Kier molecular flexibility index (Phi) is 5.07. The molecule has 1 heterocycles. The van der Waals surface area contributed by atoms with Crippen molar-refractivity contribution in [1.29, 1.82) is 0 Å². The van der Waals surface area contributed by atoms with Gasteiger partial charge >= 0.3 is 0 Å². The fourth-order valence-electron chi connectivity index (χ4n) is 1.46. The van der Waals surface area contributed by atoms with E-state index in [1.54, 1.807) is 12.4 Å². The quantitative estimate of drug-likeness (QED) is 0.780. The van der Waals surface area contributed by atoms with Gasteiger partial charge in [0.1, 0.15) is 0 Å². The van der Waals surface area contributed by atoms with Crippen molar-refractivity contribution in [2.45, 2.75) is 39.8 Å². The Balaban J connectivity index is 2.67. The van der Waals surface area contributed by atoms with Gasteiger partial charge in [0.2, 0.25) is 10.0 Å². The third kappa shape index (κ3) is 4.82. The molecule has 0 saturated carbocycles. The van der Waals surface area contributed by atoms with Gasteiger partial charge < -0.3 is 0 Å². The largest absolute Gasteiger partial charge is 0.212 e. The predicted octanol–water partition coefficient (Wildman–Crippen LogP) is 0.632. The van der Waals surface area contributed by atoms with Crippen molar-refractivity contribution in [2.75, 3.05) is 5.75 Å². The van der Waals surface area contributed by atoms with E-state index in [1.165, 1.54) is 4.80 Å². The molecule has 1 aromatic rings. The Labute approximate surface area is 102 Å². The van der Waals surface area contributed by atoms with Gasteiger partial charge in [-0.1, -0.05) is 20.8 Å². The van der Waals surface area contributed by atoms with E-state index in [0.717, 1.165) is 0 Å². The highest BCUT2D eigenvalue weighted by Gasteiger charge is 2.21. The molecule has 0 aliphatic carbocycles. The first kappa shape index (κ1) is 14.1. The van der Waals surface area contributed by atoms with Gasteiger partial charge in [-0.05, 0) is 12.3 Å². The van der Waals surface area contributed by atoms with Crippen LogP contribution in [0.25, 0.3) is 0 Å². The summed E-state index contributed by atoms with van der Waals surface area (Å²) in [5, 5.41) is 7.97. The van der Waals surface area contributed by atoms with Crippen molar-refractivity contribution in [1.82, 2.24) is 19.7 Å². The molecule has 1 unspecified atom stereocenters. The van der Waals surface area contributed by atoms with E-state index in [1.807, 2.05) is 20.8 Å². The third-order valence-corrected chi connectivity index (χ3v) is 4.04. The van der Waals surface area contributed by atoms with Crippen LogP contribution in [0.5, 0.6) is 0 Å². The molecule has 0 spiro atoms. The minimum absolute atomic E-state index is 0.156. The molecule has 1 aromatic heterocycles. The number of nitrogens with zero attached hydrogens (tertiary/aromatic N) is 3. The molecule has 1 rings (SSSR count). The number of aromatic nitrogens is 3. The first-order valence-corrected chi connectivity index (χ1v) is 7.44. The minimum atomic E-state index is -3.20. The van der Waals surface area contributed by atoms with Crippen LogP contribution in [0.4, 0.5) is 0 Å². The van der Waals surface area contributed by atoms with Gasteiger partial charge in [-0.15, -0.1) is 0 Å². The van der Waals surface area contributed by atoms with E-state index >= 15 is 0 Å². The molecule has 0 aromatic carbocycles. The van der Waals surface area contributed by atoms with Crippen LogP contribution in [0.1, 0.15) is 27.2 Å². The minimum Gasteiger partial charge on any atom is -0.212 e. The van der Waals surface area contributed by atoms with Crippen molar-refractivity contribution in [3.05, 3.63) is 12.4 Å². The summed E-state index contributed by atoms with van der Waals surface area (Å²) < 4.78 is 26.1. The van der Waals surface area contributed by atoms with Crippen LogP contribution in [0.3, 0.4) is 0 Å². The Morgan fingerprint density at radius 1 is 1.29 bits per heavy atom. The maximum absolute atomic E-state index is 11.7. The first-order chi connectivity index (χ1) is 7.94. The standard InChI is InChI=1S/C10H20N4O2S/c1-4-7-17(15,16)13-10(9(2)3)8-14-11-5-6-12-14/h5-6,9-10,13H,4,7-8H2,1-3H3. The lowest BCUT2D eigenvalue weighted by atomic mass is 10.1. The lowest BCUT2D eigenvalue weighted by Gasteiger charge is -2.21. The number of sulfonamides is 1. The van der Waals surface area contributed by atoms with Gasteiger partial charge in [0, 0.05) is 6.04 Å². The Morgan fingerprint density at radius 3 is 2.35 bits per heavy atom. The van der Waals surface area contributed by atoms with E-state index in [-0.39, 0.29) is 17.7 Å². The normalized spacial score (nSPS) is 14.1. The molecule has 0 fully saturated rings. The van der Waals surface area contributed by atoms with E-state index in [4.69, 9.17) is 0 Å². The molecule has 1 atom stereocenters. The van der Waals surface area contributed by atoms with Crippen LogP contribution >= 0.6 is 0 Å². The zero-order valence-corrected chi connectivity index (χ0v) is 11.3. The molecular formula is C10H20N4O2S. The highest BCUT2D eigenvalue weighted by molar-refractivity contribution is 7.89. The summed E-state index contributed by atoms with van der Waals surface area (Å²) in [6, 6.07) is -0.182. The second-order valence-corrected chi connectivity index (χ2v) is 6.24. The Morgan fingerprint density at radius 2 is 1.88 bits per heavy atom. The van der Waals surface area contributed by atoms with Gasteiger partial charge in [0.15, 0.2) is 0 Å². The molecule has 0 saturated heterocycles. The molecule has 98 valence electrons. The monoisotopic (exact) mass is 260 g/mol. The zero-order chi connectivity index (χ0) is 12.9. The fraction of sp³-hybridized carbons (Fsp3) is 0.800.